The summed E-state index contributed by atoms with van der Waals surface area (Å²) in [6, 6.07) is 15.7. The van der Waals surface area contributed by atoms with E-state index in [-0.39, 0.29) is 17.9 Å². The Morgan fingerprint density at radius 1 is 1.00 bits per heavy atom. The summed E-state index contributed by atoms with van der Waals surface area (Å²) >= 11 is 0. The number of hydrogen-bond acceptors (Lipinski definition) is 3. The molecule has 0 aliphatic heterocycles. The van der Waals surface area contributed by atoms with Gasteiger partial charge in [0.2, 0.25) is 10.0 Å². The van der Waals surface area contributed by atoms with Crippen molar-refractivity contribution < 1.29 is 8.42 Å². The van der Waals surface area contributed by atoms with E-state index in [9.17, 15) is 13.2 Å². The molecule has 1 aromatic heterocycles. The van der Waals surface area contributed by atoms with Gasteiger partial charge in [0.15, 0.2) is 0 Å². The summed E-state index contributed by atoms with van der Waals surface area (Å²) in [7, 11) is -3.35. The van der Waals surface area contributed by atoms with Crippen LogP contribution >= 0.6 is 0 Å². The van der Waals surface area contributed by atoms with E-state index < -0.39 is 10.0 Å². The molecule has 0 atom stereocenters. The first-order valence-electron chi connectivity index (χ1n) is 9.48. The van der Waals surface area contributed by atoms with Crippen LogP contribution in [0.1, 0.15) is 28.7 Å². The lowest BCUT2D eigenvalue weighted by Crippen LogP contribution is -2.29. The maximum absolute atomic E-state index is 12.3. The number of sulfonamides is 1. The summed E-state index contributed by atoms with van der Waals surface area (Å²) in [6.07, 6.45) is 1.65. The third kappa shape index (κ3) is 5.30. The van der Waals surface area contributed by atoms with Gasteiger partial charge in [0.25, 0.3) is 5.56 Å². The van der Waals surface area contributed by atoms with Crippen LogP contribution in [0.2, 0.25) is 0 Å². The SMILES string of the molecule is Cc1cc(C)c2cc(CCNS(=O)(=O)CCCc3ccccc3)c(=O)[nH]c2c1. The van der Waals surface area contributed by atoms with Crippen LogP contribution in [0.4, 0.5) is 0 Å². The highest BCUT2D eigenvalue weighted by Gasteiger charge is 2.11. The smallest absolute Gasteiger partial charge is 0.251 e. The zero-order chi connectivity index (χ0) is 20.1. The molecule has 3 rings (SSSR count). The Bertz CT molecular complexity index is 1120. The van der Waals surface area contributed by atoms with Gasteiger partial charge in [-0.05, 0) is 61.9 Å². The Morgan fingerprint density at radius 3 is 2.50 bits per heavy atom. The number of aromatic amines is 1. The first kappa shape index (κ1) is 20.3. The largest absolute Gasteiger partial charge is 0.322 e. The van der Waals surface area contributed by atoms with Crippen LogP contribution in [0.15, 0.2) is 53.3 Å². The second-order valence-electron chi connectivity index (χ2n) is 7.22. The van der Waals surface area contributed by atoms with Gasteiger partial charge in [-0.15, -0.1) is 0 Å². The fraction of sp³-hybridized carbons (Fsp3) is 0.318. The Morgan fingerprint density at radius 2 is 1.75 bits per heavy atom. The summed E-state index contributed by atoms with van der Waals surface area (Å²) in [6.45, 7) is 4.21. The third-order valence-electron chi connectivity index (χ3n) is 4.83. The van der Waals surface area contributed by atoms with Crippen LogP contribution in [0, 0.1) is 13.8 Å². The van der Waals surface area contributed by atoms with Gasteiger partial charge in [0, 0.05) is 23.0 Å². The molecule has 0 fully saturated rings. The Kier molecular flexibility index (Phi) is 6.31. The molecule has 0 aliphatic carbocycles. The molecule has 28 heavy (non-hydrogen) atoms. The van der Waals surface area contributed by atoms with Gasteiger partial charge in [-0.2, -0.15) is 0 Å². The summed E-state index contributed by atoms with van der Waals surface area (Å²) in [5.74, 6) is 0.0777. The second kappa shape index (κ2) is 8.71. The first-order chi connectivity index (χ1) is 13.3. The molecule has 3 aromatic rings. The number of aromatic nitrogens is 1. The number of fused-ring (bicyclic) bond motifs is 1. The highest BCUT2D eigenvalue weighted by molar-refractivity contribution is 7.89. The molecule has 0 amide bonds. The van der Waals surface area contributed by atoms with Gasteiger partial charge in [-0.1, -0.05) is 36.4 Å². The van der Waals surface area contributed by atoms with Gasteiger partial charge in [0.1, 0.15) is 0 Å². The van der Waals surface area contributed by atoms with Crippen molar-refractivity contribution >= 4 is 20.9 Å². The molecule has 0 spiro atoms. The second-order valence-corrected chi connectivity index (χ2v) is 9.15. The monoisotopic (exact) mass is 398 g/mol. The molecule has 6 heteroatoms. The van der Waals surface area contributed by atoms with E-state index in [1.54, 1.807) is 0 Å². The molecule has 0 unspecified atom stereocenters. The minimum atomic E-state index is -3.35. The number of rotatable bonds is 8. The standard InChI is InChI=1S/C22H26N2O3S/c1-16-13-17(2)20-15-19(22(25)24-21(20)14-16)10-11-23-28(26,27)12-6-9-18-7-4-3-5-8-18/h3-5,7-8,13-15,23H,6,9-12H2,1-2H3,(H,24,25). The predicted octanol–water partition coefficient (Wildman–Crippen LogP) is 3.24. The molecular formula is C22H26N2O3S. The number of hydrogen-bond donors (Lipinski definition) is 2. The van der Waals surface area contributed by atoms with Crippen LogP contribution in [-0.2, 0) is 22.9 Å². The maximum atomic E-state index is 12.3. The van der Waals surface area contributed by atoms with E-state index in [1.807, 2.05) is 56.3 Å². The van der Waals surface area contributed by atoms with Crippen molar-refractivity contribution in [2.75, 3.05) is 12.3 Å². The quantitative estimate of drug-likeness (QED) is 0.611. The average Bonchev–Trinajstić information content (AvgIpc) is 2.63. The average molecular weight is 399 g/mol. The van der Waals surface area contributed by atoms with Crippen molar-refractivity contribution in [2.45, 2.75) is 33.1 Å². The molecule has 0 aliphatic rings. The number of benzene rings is 2. The van der Waals surface area contributed by atoms with Crippen molar-refractivity contribution in [1.82, 2.24) is 9.71 Å². The number of pyridine rings is 1. The molecule has 0 saturated carbocycles. The van der Waals surface area contributed by atoms with Crippen molar-refractivity contribution in [2.24, 2.45) is 0 Å². The molecule has 0 bridgehead atoms. The van der Waals surface area contributed by atoms with Gasteiger partial charge < -0.3 is 4.98 Å². The lowest BCUT2D eigenvalue weighted by Gasteiger charge is -2.09. The summed E-state index contributed by atoms with van der Waals surface area (Å²) in [4.78, 5) is 15.2. The highest BCUT2D eigenvalue weighted by atomic mass is 32.2. The fourth-order valence-electron chi connectivity index (χ4n) is 3.43. The Hall–Kier alpha value is -2.44. The lowest BCUT2D eigenvalue weighted by molar-refractivity contribution is 0.578. The molecule has 0 radical (unpaired) electrons. The van der Waals surface area contributed by atoms with Gasteiger partial charge >= 0.3 is 0 Å². The third-order valence-corrected chi connectivity index (χ3v) is 6.30. The molecular weight excluding hydrogens is 372 g/mol. The van der Waals surface area contributed by atoms with E-state index in [2.05, 4.69) is 15.8 Å². The van der Waals surface area contributed by atoms with Crippen molar-refractivity contribution in [3.8, 4) is 0 Å². The first-order valence-corrected chi connectivity index (χ1v) is 11.1. The van der Waals surface area contributed by atoms with Crippen LogP contribution in [0.5, 0.6) is 0 Å². The molecule has 2 aromatic carbocycles. The van der Waals surface area contributed by atoms with Crippen LogP contribution < -0.4 is 10.3 Å². The molecule has 2 N–H and O–H groups in total. The number of nitrogens with one attached hydrogen (secondary N) is 2. The minimum Gasteiger partial charge on any atom is -0.322 e. The zero-order valence-electron chi connectivity index (χ0n) is 16.3. The Labute approximate surface area is 165 Å². The predicted molar refractivity (Wildman–Crippen MR) is 114 cm³/mol. The lowest BCUT2D eigenvalue weighted by atomic mass is 10.0. The molecule has 5 nitrogen and oxygen atoms in total. The van der Waals surface area contributed by atoms with Gasteiger partial charge in [-0.25, -0.2) is 13.1 Å². The topological polar surface area (TPSA) is 79.0 Å². The minimum absolute atomic E-state index is 0.0777. The van der Waals surface area contributed by atoms with E-state index in [0.29, 0.717) is 18.4 Å². The number of H-pyrrole nitrogens is 1. The zero-order valence-corrected chi connectivity index (χ0v) is 17.1. The molecule has 0 saturated heterocycles. The van der Waals surface area contributed by atoms with E-state index in [0.717, 1.165) is 34.0 Å². The molecule has 148 valence electrons. The van der Waals surface area contributed by atoms with Crippen LogP contribution in [0.25, 0.3) is 10.9 Å². The summed E-state index contributed by atoms with van der Waals surface area (Å²) in [5, 5.41) is 0.992. The fourth-order valence-corrected chi connectivity index (χ4v) is 4.51. The van der Waals surface area contributed by atoms with E-state index >= 15 is 0 Å². The van der Waals surface area contributed by atoms with Gasteiger partial charge in [0.05, 0.1) is 5.75 Å². The Balaban J connectivity index is 1.58. The van der Waals surface area contributed by atoms with Crippen molar-refractivity contribution in [3.05, 3.63) is 81.1 Å². The summed E-state index contributed by atoms with van der Waals surface area (Å²) < 4.78 is 27.0. The summed E-state index contributed by atoms with van der Waals surface area (Å²) in [5.41, 5.74) is 4.55. The van der Waals surface area contributed by atoms with Crippen LogP contribution in [-0.4, -0.2) is 25.7 Å². The maximum Gasteiger partial charge on any atom is 0.251 e. The molecule has 1 heterocycles. The van der Waals surface area contributed by atoms with Gasteiger partial charge in [-0.3, -0.25) is 4.79 Å². The number of aryl methyl sites for hydroxylation is 3. The van der Waals surface area contributed by atoms with E-state index in [1.165, 1.54) is 0 Å². The van der Waals surface area contributed by atoms with E-state index in [4.69, 9.17) is 0 Å². The van der Waals surface area contributed by atoms with Crippen LogP contribution in [0.3, 0.4) is 0 Å². The normalized spacial score (nSPS) is 11.8. The van der Waals surface area contributed by atoms with Crippen molar-refractivity contribution in [3.63, 3.8) is 0 Å². The highest BCUT2D eigenvalue weighted by Crippen LogP contribution is 2.18. The van der Waals surface area contributed by atoms with Crippen molar-refractivity contribution in [1.29, 1.82) is 0 Å².